The second kappa shape index (κ2) is 10.2. The molecule has 0 aromatic carbocycles. The van der Waals surface area contributed by atoms with E-state index < -0.39 is 0 Å². The number of nitrogens with zero attached hydrogens (tertiary/aromatic N) is 9. The summed E-state index contributed by atoms with van der Waals surface area (Å²) in [5.74, 6) is 1.93. The van der Waals surface area contributed by atoms with Gasteiger partial charge in [0.2, 0.25) is 0 Å². The fraction of sp³-hybridized carbons (Fsp3) is 0.323. The molecule has 0 radical (unpaired) electrons. The number of ether oxygens (including phenoxy) is 1. The number of carbonyl (C=O) groups is 1. The SMILES string of the molecule is COc1cccnc1C(=O)NC1(C)C[C@H]2CN(c3cnc(-c4cc(-c5cnn(C)c5)cn5ncc(C#N)c45)cn3)C[C@H]2C1. The van der Waals surface area contributed by atoms with Crippen molar-refractivity contribution in [3.8, 4) is 34.2 Å². The van der Waals surface area contributed by atoms with Crippen molar-refractivity contribution in [3.05, 3.63) is 72.8 Å². The molecule has 0 bridgehead atoms. The van der Waals surface area contributed by atoms with Gasteiger partial charge in [-0.05, 0) is 49.8 Å². The van der Waals surface area contributed by atoms with Crippen molar-refractivity contribution >= 4 is 17.2 Å². The number of nitrogens with one attached hydrogen (secondary N) is 1. The lowest BCUT2D eigenvalue weighted by molar-refractivity contribution is 0.0896. The number of methoxy groups -OCH3 is 1. The van der Waals surface area contributed by atoms with Gasteiger partial charge < -0.3 is 15.0 Å². The molecule has 6 heterocycles. The van der Waals surface area contributed by atoms with E-state index in [0.29, 0.717) is 40.1 Å². The standard InChI is InChI=1S/C31H30N10O2/c1-31(38-30(42)28-26(43-3)5-4-6-33-28)8-20-16-40(17-21(20)9-31)27-14-34-25(13-35-27)24-7-19(23-12-36-39(2)15-23)18-41-29(24)22(10-32)11-37-41/h4-7,11-15,18,20-21H,8-9,16-17H2,1-3H3,(H,38,42)/t20-,21+,31?. The normalized spacial score (nSPS) is 21.1. The Bertz CT molecular complexity index is 1870. The smallest absolute Gasteiger partial charge is 0.274 e. The summed E-state index contributed by atoms with van der Waals surface area (Å²) in [6.07, 6.45) is 14.1. The molecule has 2 aliphatic rings. The largest absolute Gasteiger partial charge is 0.494 e. The Labute approximate surface area is 248 Å². The average molecular weight is 575 g/mol. The van der Waals surface area contributed by atoms with Gasteiger partial charge in [0.1, 0.15) is 17.6 Å². The van der Waals surface area contributed by atoms with E-state index >= 15 is 0 Å². The maximum absolute atomic E-state index is 13.0. The molecule has 216 valence electrons. The summed E-state index contributed by atoms with van der Waals surface area (Å²) < 4.78 is 8.79. The molecule has 3 atom stereocenters. The number of rotatable bonds is 6. The first-order chi connectivity index (χ1) is 20.8. The minimum Gasteiger partial charge on any atom is -0.494 e. The van der Waals surface area contributed by atoms with Crippen molar-refractivity contribution in [1.29, 1.82) is 5.26 Å². The van der Waals surface area contributed by atoms with Crippen LogP contribution in [0.2, 0.25) is 0 Å². The summed E-state index contributed by atoms with van der Waals surface area (Å²) in [6.45, 7) is 3.81. The van der Waals surface area contributed by atoms with Crippen LogP contribution in [0.5, 0.6) is 5.75 Å². The summed E-state index contributed by atoms with van der Waals surface area (Å²) in [5.41, 5.74) is 4.46. The number of fused-ring (bicyclic) bond motifs is 2. The summed E-state index contributed by atoms with van der Waals surface area (Å²) in [6, 6.07) is 7.75. The van der Waals surface area contributed by atoms with Crippen molar-refractivity contribution in [2.75, 3.05) is 25.1 Å². The number of aromatic nitrogens is 7. The number of hydrogen-bond acceptors (Lipinski definition) is 9. The van der Waals surface area contributed by atoms with E-state index in [0.717, 1.165) is 48.4 Å². The molecule has 1 saturated heterocycles. The van der Waals surface area contributed by atoms with Crippen molar-refractivity contribution in [3.63, 3.8) is 0 Å². The Morgan fingerprint density at radius 1 is 1.07 bits per heavy atom. The van der Waals surface area contributed by atoms with Crippen LogP contribution in [0.4, 0.5) is 5.82 Å². The molecule has 2 fully saturated rings. The third kappa shape index (κ3) is 4.72. The van der Waals surface area contributed by atoms with E-state index in [4.69, 9.17) is 14.7 Å². The van der Waals surface area contributed by atoms with Crippen LogP contribution >= 0.6 is 0 Å². The highest BCUT2D eigenvalue weighted by atomic mass is 16.5. The molecule has 5 aromatic rings. The number of aryl methyl sites for hydroxylation is 1. The summed E-state index contributed by atoms with van der Waals surface area (Å²) in [4.78, 5) is 29.1. The van der Waals surface area contributed by atoms with Gasteiger partial charge in [0, 0.05) is 61.0 Å². The van der Waals surface area contributed by atoms with Crippen molar-refractivity contribution in [2.45, 2.75) is 25.3 Å². The number of hydrogen-bond donors (Lipinski definition) is 1. The molecule has 0 spiro atoms. The third-order valence-electron chi connectivity index (χ3n) is 8.63. The van der Waals surface area contributed by atoms with Gasteiger partial charge in [-0.3, -0.25) is 14.5 Å². The lowest BCUT2D eigenvalue weighted by Crippen LogP contribution is -2.45. The fourth-order valence-electron chi connectivity index (χ4n) is 6.74. The highest BCUT2D eigenvalue weighted by Gasteiger charge is 2.48. The summed E-state index contributed by atoms with van der Waals surface area (Å²) in [7, 11) is 3.42. The topological polar surface area (TPSA) is 139 Å². The molecular weight excluding hydrogens is 544 g/mol. The molecule has 1 unspecified atom stereocenters. The van der Waals surface area contributed by atoms with Gasteiger partial charge in [0.25, 0.3) is 5.91 Å². The number of amides is 1. The number of nitriles is 1. The molecule has 1 amide bonds. The average Bonchev–Trinajstić information content (AvgIpc) is 3.79. The molecule has 12 nitrogen and oxygen atoms in total. The fourth-order valence-corrected chi connectivity index (χ4v) is 6.74. The molecule has 7 rings (SSSR count). The lowest BCUT2D eigenvalue weighted by atomic mass is 9.97. The molecule has 43 heavy (non-hydrogen) atoms. The van der Waals surface area contributed by atoms with Crippen LogP contribution in [0.3, 0.4) is 0 Å². The van der Waals surface area contributed by atoms with Crippen LogP contribution in [0.1, 0.15) is 35.8 Å². The second-order valence-corrected chi connectivity index (χ2v) is 11.7. The first-order valence-corrected chi connectivity index (χ1v) is 14.1. The highest BCUT2D eigenvalue weighted by Crippen LogP contribution is 2.45. The van der Waals surface area contributed by atoms with Gasteiger partial charge in [-0.1, -0.05) is 0 Å². The van der Waals surface area contributed by atoms with E-state index in [-0.39, 0.29) is 11.4 Å². The molecular formula is C31H30N10O2. The van der Waals surface area contributed by atoms with E-state index in [1.165, 1.54) is 0 Å². The number of pyridine rings is 2. The van der Waals surface area contributed by atoms with Crippen LogP contribution in [0.25, 0.3) is 27.9 Å². The van der Waals surface area contributed by atoms with Gasteiger partial charge in [-0.2, -0.15) is 15.5 Å². The van der Waals surface area contributed by atoms with Gasteiger partial charge >= 0.3 is 0 Å². The van der Waals surface area contributed by atoms with Crippen LogP contribution < -0.4 is 15.0 Å². The first kappa shape index (κ1) is 26.6. The highest BCUT2D eigenvalue weighted by molar-refractivity contribution is 5.95. The van der Waals surface area contributed by atoms with E-state index in [9.17, 15) is 10.1 Å². The molecule has 5 aromatic heterocycles. The molecule has 1 saturated carbocycles. The summed E-state index contributed by atoms with van der Waals surface area (Å²) in [5, 5.41) is 21.7. The third-order valence-corrected chi connectivity index (χ3v) is 8.63. The maximum Gasteiger partial charge on any atom is 0.274 e. The maximum atomic E-state index is 13.0. The van der Waals surface area contributed by atoms with E-state index in [2.05, 4.69) is 38.4 Å². The molecule has 1 aliphatic heterocycles. The van der Waals surface area contributed by atoms with Crippen LogP contribution in [0, 0.1) is 23.2 Å². The van der Waals surface area contributed by atoms with Crippen LogP contribution in [0.15, 0.2) is 61.6 Å². The van der Waals surface area contributed by atoms with Crippen LogP contribution in [-0.2, 0) is 7.05 Å². The number of carbonyl (C=O) groups excluding carboxylic acids is 1. The second-order valence-electron chi connectivity index (χ2n) is 11.7. The lowest BCUT2D eigenvalue weighted by Gasteiger charge is -2.28. The van der Waals surface area contributed by atoms with Crippen molar-refractivity contribution in [2.24, 2.45) is 18.9 Å². The molecule has 1 N–H and O–H groups in total. The van der Waals surface area contributed by atoms with Crippen molar-refractivity contribution < 1.29 is 9.53 Å². The Morgan fingerprint density at radius 2 is 1.88 bits per heavy atom. The van der Waals surface area contributed by atoms with E-state index in [1.54, 1.807) is 59.4 Å². The van der Waals surface area contributed by atoms with Gasteiger partial charge in [-0.15, -0.1) is 0 Å². The minimum absolute atomic E-state index is 0.210. The van der Waals surface area contributed by atoms with Crippen molar-refractivity contribution in [1.82, 2.24) is 39.7 Å². The van der Waals surface area contributed by atoms with E-state index in [1.807, 2.05) is 25.5 Å². The van der Waals surface area contributed by atoms with Gasteiger partial charge in [-0.25, -0.2) is 14.5 Å². The Hall–Kier alpha value is -5.31. The predicted molar refractivity (Wildman–Crippen MR) is 158 cm³/mol. The molecule has 12 heteroatoms. The summed E-state index contributed by atoms with van der Waals surface area (Å²) >= 11 is 0. The zero-order valence-corrected chi connectivity index (χ0v) is 24.1. The molecule has 1 aliphatic carbocycles. The Balaban J connectivity index is 1.09. The first-order valence-electron chi connectivity index (χ1n) is 14.1. The minimum atomic E-state index is -0.315. The van der Waals surface area contributed by atoms with Gasteiger partial charge in [0.15, 0.2) is 5.69 Å². The number of anilines is 1. The zero-order valence-electron chi connectivity index (χ0n) is 24.1. The van der Waals surface area contributed by atoms with Crippen LogP contribution in [-0.4, -0.2) is 66.0 Å². The quantitative estimate of drug-likeness (QED) is 0.323. The predicted octanol–water partition coefficient (Wildman–Crippen LogP) is 3.50. The zero-order chi connectivity index (χ0) is 29.7. The van der Waals surface area contributed by atoms with Gasteiger partial charge in [0.05, 0.1) is 48.7 Å². The Kier molecular flexibility index (Phi) is 6.30. The monoisotopic (exact) mass is 574 g/mol. The Morgan fingerprint density at radius 3 is 2.56 bits per heavy atom.